The second-order valence-electron chi connectivity index (χ2n) is 7.81. The van der Waals surface area contributed by atoms with Crippen LogP contribution in [0, 0.1) is 6.92 Å². The SMILES string of the molecule is Cc1nnnn1-c1ccc(OCC(F)(F)F)c(CN[C@H]2CCCN[C@H]2c2ccccc2)c1. The minimum Gasteiger partial charge on any atom is -0.484 e. The fourth-order valence-electron chi connectivity index (χ4n) is 3.97. The van der Waals surface area contributed by atoms with Gasteiger partial charge in [0.1, 0.15) is 5.75 Å². The summed E-state index contributed by atoms with van der Waals surface area (Å²) in [5.74, 6) is 0.762. The molecule has 0 unspecified atom stereocenters. The monoisotopic (exact) mass is 446 g/mol. The summed E-state index contributed by atoms with van der Waals surface area (Å²) in [5.41, 5.74) is 2.44. The van der Waals surface area contributed by atoms with Crippen LogP contribution in [0.15, 0.2) is 48.5 Å². The van der Waals surface area contributed by atoms with E-state index < -0.39 is 12.8 Å². The molecule has 1 aromatic heterocycles. The topological polar surface area (TPSA) is 76.9 Å². The molecule has 0 bridgehead atoms. The van der Waals surface area contributed by atoms with E-state index >= 15 is 0 Å². The van der Waals surface area contributed by atoms with E-state index in [1.54, 1.807) is 19.1 Å². The molecule has 7 nitrogen and oxygen atoms in total. The van der Waals surface area contributed by atoms with E-state index in [-0.39, 0.29) is 17.8 Å². The van der Waals surface area contributed by atoms with Gasteiger partial charge in [0, 0.05) is 24.2 Å². The Hall–Kier alpha value is -2.98. The standard InChI is InChI=1S/C22H25F3N6O/c1-15-28-29-30-31(15)18-9-10-20(32-14-22(23,24)25)17(12-18)13-27-19-8-5-11-26-21(19)16-6-3-2-4-7-16/h2-4,6-7,9-10,12,19,21,26-27H,5,8,11,13-14H2,1H3/t19-,21-/m0/s1. The van der Waals surface area contributed by atoms with Crippen molar-refractivity contribution < 1.29 is 17.9 Å². The molecular formula is C22H25F3N6O. The molecule has 0 spiro atoms. The zero-order valence-electron chi connectivity index (χ0n) is 17.6. The third-order valence-corrected chi connectivity index (χ3v) is 5.48. The van der Waals surface area contributed by atoms with Gasteiger partial charge in [-0.05, 0) is 60.5 Å². The van der Waals surface area contributed by atoms with Crippen LogP contribution in [0.25, 0.3) is 5.69 Å². The predicted octanol–water partition coefficient (Wildman–Crippen LogP) is 3.49. The first kappa shape index (κ1) is 22.2. The average molecular weight is 446 g/mol. The molecular weight excluding hydrogens is 421 g/mol. The first-order chi connectivity index (χ1) is 15.4. The number of ether oxygens (including phenoxy) is 1. The summed E-state index contributed by atoms with van der Waals surface area (Å²) in [4.78, 5) is 0. The first-order valence-corrected chi connectivity index (χ1v) is 10.5. The maximum Gasteiger partial charge on any atom is 0.422 e. The van der Waals surface area contributed by atoms with Crippen LogP contribution in [-0.2, 0) is 6.54 Å². The van der Waals surface area contributed by atoms with E-state index in [2.05, 4.69) is 38.3 Å². The predicted molar refractivity (Wildman–Crippen MR) is 112 cm³/mol. The zero-order chi connectivity index (χ0) is 22.6. The number of halogens is 3. The van der Waals surface area contributed by atoms with E-state index in [9.17, 15) is 13.2 Å². The maximum absolute atomic E-state index is 12.8. The molecule has 0 radical (unpaired) electrons. The smallest absolute Gasteiger partial charge is 0.422 e. The summed E-state index contributed by atoms with van der Waals surface area (Å²) in [7, 11) is 0. The van der Waals surface area contributed by atoms with Crippen molar-refractivity contribution in [2.75, 3.05) is 13.2 Å². The molecule has 1 saturated heterocycles. The lowest BCUT2D eigenvalue weighted by atomic mass is 9.92. The minimum atomic E-state index is -4.42. The highest BCUT2D eigenvalue weighted by Crippen LogP contribution is 2.27. The van der Waals surface area contributed by atoms with Crippen LogP contribution in [-0.4, -0.2) is 45.6 Å². The van der Waals surface area contributed by atoms with Crippen molar-refractivity contribution in [2.24, 2.45) is 0 Å². The number of aromatic nitrogens is 4. The van der Waals surface area contributed by atoms with Crippen molar-refractivity contribution in [1.82, 2.24) is 30.8 Å². The van der Waals surface area contributed by atoms with Gasteiger partial charge in [0.2, 0.25) is 0 Å². The van der Waals surface area contributed by atoms with E-state index in [1.165, 1.54) is 16.3 Å². The Labute approximate surface area is 184 Å². The van der Waals surface area contributed by atoms with Crippen LogP contribution in [0.5, 0.6) is 5.75 Å². The lowest BCUT2D eigenvalue weighted by molar-refractivity contribution is -0.153. The summed E-state index contributed by atoms with van der Waals surface area (Å²) >= 11 is 0. The van der Waals surface area contributed by atoms with Gasteiger partial charge < -0.3 is 15.4 Å². The number of hydrogen-bond acceptors (Lipinski definition) is 6. The number of hydrogen-bond donors (Lipinski definition) is 2. The van der Waals surface area contributed by atoms with Gasteiger partial charge >= 0.3 is 6.18 Å². The Morgan fingerprint density at radius 1 is 1.19 bits per heavy atom. The summed E-state index contributed by atoms with van der Waals surface area (Å²) < 4.78 is 44.9. The molecule has 2 heterocycles. The lowest BCUT2D eigenvalue weighted by Crippen LogP contribution is -2.45. The second kappa shape index (κ2) is 9.66. The van der Waals surface area contributed by atoms with Crippen molar-refractivity contribution in [2.45, 2.75) is 44.6 Å². The molecule has 170 valence electrons. The quantitative estimate of drug-likeness (QED) is 0.579. The van der Waals surface area contributed by atoms with Gasteiger partial charge in [-0.1, -0.05) is 30.3 Å². The Balaban J connectivity index is 1.56. The van der Waals surface area contributed by atoms with Crippen LogP contribution in [0.1, 0.15) is 35.8 Å². The molecule has 0 saturated carbocycles. The summed E-state index contributed by atoms with van der Waals surface area (Å²) in [6, 6.07) is 15.3. The van der Waals surface area contributed by atoms with Gasteiger partial charge in [0.05, 0.1) is 5.69 Å². The van der Waals surface area contributed by atoms with Gasteiger partial charge in [0.15, 0.2) is 12.4 Å². The number of alkyl halides is 3. The Morgan fingerprint density at radius 3 is 2.72 bits per heavy atom. The molecule has 2 atom stereocenters. The van der Waals surface area contributed by atoms with Crippen LogP contribution >= 0.6 is 0 Å². The Morgan fingerprint density at radius 2 is 2.00 bits per heavy atom. The maximum atomic E-state index is 12.8. The molecule has 1 fully saturated rings. The van der Waals surface area contributed by atoms with E-state index in [4.69, 9.17) is 4.74 Å². The van der Waals surface area contributed by atoms with Crippen molar-refractivity contribution in [1.29, 1.82) is 0 Å². The third kappa shape index (κ3) is 5.43. The normalized spacial score (nSPS) is 19.1. The minimum absolute atomic E-state index is 0.120. The third-order valence-electron chi connectivity index (χ3n) is 5.48. The van der Waals surface area contributed by atoms with Gasteiger partial charge in [0.25, 0.3) is 0 Å². The fourth-order valence-corrected chi connectivity index (χ4v) is 3.97. The molecule has 10 heteroatoms. The Kier molecular flexibility index (Phi) is 6.71. The number of benzene rings is 2. The highest BCUT2D eigenvalue weighted by Gasteiger charge is 2.29. The van der Waals surface area contributed by atoms with Gasteiger partial charge in [-0.25, -0.2) is 0 Å². The molecule has 32 heavy (non-hydrogen) atoms. The number of piperidine rings is 1. The van der Waals surface area contributed by atoms with Crippen molar-refractivity contribution >= 4 is 0 Å². The van der Waals surface area contributed by atoms with E-state index in [0.717, 1.165) is 19.4 Å². The molecule has 0 amide bonds. The van der Waals surface area contributed by atoms with Gasteiger partial charge in [-0.2, -0.15) is 17.9 Å². The Bertz CT molecular complexity index is 1020. The summed E-state index contributed by atoms with van der Waals surface area (Å²) in [5, 5.41) is 18.5. The fraction of sp³-hybridized carbons (Fsp3) is 0.409. The van der Waals surface area contributed by atoms with Gasteiger partial charge in [-0.15, -0.1) is 5.10 Å². The van der Waals surface area contributed by atoms with E-state index in [0.29, 0.717) is 23.6 Å². The van der Waals surface area contributed by atoms with Crippen LogP contribution < -0.4 is 15.4 Å². The average Bonchev–Trinajstić information content (AvgIpc) is 3.22. The summed E-state index contributed by atoms with van der Waals surface area (Å²) in [6.07, 6.45) is -2.44. The number of nitrogens with zero attached hydrogens (tertiary/aromatic N) is 4. The van der Waals surface area contributed by atoms with Crippen LogP contribution in [0.4, 0.5) is 13.2 Å². The molecule has 2 aromatic carbocycles. The number of tetrazole rings is 1. The van der Waals surface area contributed by atoms with Crippen LogP contribution in [0.3, 0.4) is 0 Å². The largest absolute Gasteiger partial charge is 0.484 e. The zero-order valence-corrected chi connectivity index (χ0v) is 17.6. The summed E-state index contributed by atoms with van der Waals surface area (Å²) in [6.45, 7) is 1.68. The highest BCUT2D eigenvalue weighted by atomic mass is 19.4. The van der Waals surface area contributed by atoms with Crippen molar-refractivity contribution in [3.05, 3.63) is 65.5 Å². The van der Waals surface area contributed by atoms with Crippen LogP contribution in [0.2, 0.25) is 0 Å². The molecule has 3 aromatic rings. The van der Waals surface area contributed by atoms with E-state index in [1.807, 2.05) is 18.2 Å². The number of rotatable bonds is 7. The van der Waals surface area contributed by atoms with Gasteiger partial charge in [-0.3, -0.25) is 0 Å². The number of aryl methyl sites for hydroxylation is 1. The molecule has 0 aliphatic carbocycles. The molecule has 2 N–H and O–H groups in total. The van der Waals surface area contributed by atoms with Crippen molar-refractivity contribution in [3.63, 3.8) is 0 Å². The highest BCUT2D eigenvalue weighted by molar-refractivity contribution is 5.44. The second-order valence-corrected chi connectivity index (χ2v) is 7.81. The lowest BCUT2D eigenvalue weighted by Gasteiger charge is -2.34. The molecule has 1 aliphatic rings. The van der Waals surface area contributed by atoms with Crippen molar-refractivity contribution in [3.8, 4) is 11.4 Å². The molecule has 1 aliphatic heterocycles. The molecule has 4 rings (SSSR count). The first-order valence-electron chi connectivity index (χ1n) is 10.5. The number of nitrogens with one attached hydrogen (secondary N) is 2.